The summed E-state index contributed by atoms with van der Waals surface area (Å²) in [5.74, 6) is 1.18. The highest BCUT2D eigenvalue weighted by atomic mass is 19.4. The molecule has 0 aliphatic rings. The first kappa shape index (κ1) is 22.9. The Balaban J connectivity index is 1.67. The number of aryl methyl sites for hydroxylation is 1. The monoisotopic (exact) mass is 451 g/mol. The van der Waals surface area contributed by atoms with Crippen molar-refractivity contribution >= 4 is 11.6 Å². The fourth-order valence-electron chi connectivity index (χ4n) is 2.90. The average molecular weight is 451 g/mol. The number of ether oxygens (including phenoxy) is 3. The average Bonchev–Trinajstić information content (AvgIpc) is 3.25. The minimum Gasteiger partial charge on any atom is -0.493 e. The number of benzene rings is 2. The van der Waals surface area contributed by atoms with E-state index in [4.69, 9.17) is 18.7 Å². The number of halogens is 3. The summed E-state index contributed by atoms with van der Waals surface area (Å²) < 4.78 is 59.4. The van der Waals surface area contributed by atoms with E-state index < -0.39 is 17.6 Å². The molecule has 1 heterocycles. The van der Waals surface area contributed by atoms with Crippen molar-refractivity contribution in [3.63, 3.8) is 0 Å². The van der Waals surface area contributed by atoms with E-state index in [-0.39, 0.29) is 30.2 Å². The Morgan fingerprint density at radius 3 is 2.34 bits per heavy atom. The van der Waals surface area contributed by atoms with Gasteiger partial charge < -0.3 is 24.1 Å². The van der Waals surface area contributed by atoms with Crippen LogP contribution in [0, 0.1) is 0 Å². The summed E-state index contributed by atoms with van der Waals surface area (Å²) in [5.41, 5.74) is -0.251. The Morgan fingerprint density at radius 2 is 1.75 bits per heavy atom. The zero-order valence-corrected chi connectivity index (χ0v) is 17.4. The van der Waals surface area contributed by atoms with Gasteiger partial charge in [-0.05, 0) is 30.3 Å². The molecule has 11 heteroatoms. The van der Waals surface area contributed by atoms with Crippen LogP contribution in [-0.4, -0.2) is 37.4 Å². The number of amides is 1. The van der Waals surface area contributed by atoms with Crippen LogP contribution in [0.3, 0.4) is 0 Å². The summed E-state index contributed by atoms with van der Waals surface area (Å²) in [6.07, 6.45) is -4.46. The largest absolute Gasteiger partial charge is 0.493 e. The highest BCUT2D eigenvalue weighted by Gasteiger charge is 2.30. The van der Waals surface area contributed by atoms with Crippen molar-refractivity contribution in [3.05, 3.63) is 47.9 Å². The van der Waals surface area contributed by atoms with Crippen LogP contribution in [0.2, 0.25) is 0 Å². The van der Waals surface area contributed by atoms with Gasteiger partial charge in [-0.2, -0.15) is 18.2 Å². The number of aromatic nitrogens is 2. The van der Waals surface area contributed by atoms with Gasteiger partial charge in [0.1, 0.15) is 0 Å². The fraction of sp³-hybridized carbons (Fsp3) is 0.286. The maximum Gasteiger partial charge on any atom is 0.416 e. The fourth-order valence-corrected chi connectivity index (χ4v) is 2.90. The van der Waals surface area contributed by atoms with Gasteiger partial charge in [0, 0.05) is 24.1 Å². The van der Waals surface area contributed by atoms with E-state index in [2.05, 4.69) is 15.5 Å². The van der Waals surface area contributed by atoms with Crippen LogP contribution >= 0.6 is 0 Å². The number of carbonyl (C=O) groups excluding carboxylic acids is 1. The summed E-state index contributed by atoms with van der Waals surface area (Å²) in [5, 5.41) is 6.33. The normalized spacial score (nSPS) is 11.2. The minimum atomic E-state index is -4.49. The third-order valence-corrected chi connectivity index (χ3v) is 4.43. The first-order valence-corrected chi connectivity index (χ1v) is 9.35. The number of anilines is 1. The van der Waals surface area contributed by atoms with Crippen molar-refractivity contribution in [2.45, 2.75) is 19.0 Å². The molecule has 3 rings (SSSR count). The van der Waals surface area contributed by atoms with Crippen LogP contribution < -0.4 is 19.5 Å². The van der Waals surface area contributed by atoms with Gasteiger partial charge in [0.15, 0.2) is 11.5 Å². The Labute approximate surface area is 181 Å². The van der Waals surface area contributed by atoms with Gasteiger partial charge >= 0.3 is 6.18 Å². The van der Waals surface area contributed by atoms with Gasteiger partial charge in [0.25, 0.3) is 0 Å². The van der Waals surface area contributed by atoms with Crippen LogP contribution in [0.1, 0.15) is 17.9 Å². The van der Waals surface area contributed by atoms with E-state index in [1.54, 1.807) is 12.1 Å². The van der Waals surface area contributed by atoms with Crippen molar-refractivity contribution in [2.75, 3.05) is 26.6 Å². The molecule has 1 amide bonds. The third kappa shape index (κ3) is 5.29. The van der Waals surface area contributed by atoms with E-state index in [1.807, 2.05) is 0 Å². The maximum atomic E-state index is 12.8. The smallest absolute Gasteiger partial charge is 0.416 e. The van der Waals surface area contributed by atoms with Gasteiger partial charge in [0.05, 0.1) is 26.9 Å². The molecule has 0 saturated heterocycles. The van der Waals surface area contributed by atoms with Gasteiger partial charge in [0.2, 0.25) is 23.4 Å². The quantitative estimate of drug-likeness (QED) is 0.544. The molecular weight excluding hydrogens is 431 g/mol. The summed E-state index contributed by atoms with van der Waals surface area (Å²) >= 11 is 0. The summed E-state index contributed by atoms with van der Waals surface area (Å²) in [6, 6.07) is 7.70. The molecule has 0 atom stereocenters. The molecule has 0 unspecified atom stereocenters. The molecule has 8 nitrogen and oxygen atoms in total. The molecular formula is C21H20F3N3O5. The minimum absolute atomic E-state index is 0.0495. The molecule has 0 spiro atoms. The number of nitrogens with zero attached hydrogens (tertiary/aromatic N) is 2. The highest BCUT2D eigenvalue weighted by molar-refractivity contribution is 5.90. The predicted octanol–water partition coefficient (Wildman–Crippen LogP) is 4.35. The van der Waals surface area contributed by atoms with Crippen molar-refractivity contribution in [1.29, 1.82) is 0 Å². The lowest BCUT2D eigenvalue weighted by Crippen LogP contribution is -2.13. The molecule has 32 heavy (non-hydrogen) atoms. The van der Waals surface area contributed by atoms with E-state index >= 15 is 0 Å². The Morgan fingerprint density at radius 1 is 1.06 bits per heavy atom. The number of methoxy groups -OCH3 is 3. The zero-order valence-electron chi connectivity index (χ0n) is 17.4. The van der Waals surface area contributed by atoms with E-state index in [9.17, 15) is 18.0 Å². The molecule has 0 saturated carbocycles. The van der Waals surface area contributed by atoms with Gasteiger partial charge in [-0.3, -0.25) is 4.79 Å². The highest BCUT2D eigenvalue weighted by Crippen LogP contribution is 2.40. The standard InChI is InChI=1S/C21H20F3N3O5/c1-29-15-9-12(10-16(30-2)19(15)31-3)20-26-18(32-27-20)8-7-17(28)25-14-6-4-5-13(11-14)21(22,23)24/h4-6,9-11H,7-8H2,1-3H3,(H,25,28). The number of hydrogen-bond donors (Lipinski definition) is 1. The zero-order chi connectivity index (χ0) is 23.3. The van der Waals surface area contributed by atoms with Crippen LogP contribution in [0.15, 0.2) is 40.9 Å². The third-order valence-electron chi connectivity index (χ3n) is 4.43. The van der Waals surface area contributed by atoms with Crippen molar-refractivity contribution < 1.29 is 36.7 Å². The summed E-state index contributed by atoms with van der Waals surface area (Å²) in [4.78, 5) is 16.4. The Bertz CT molecular complexity index is 1070. The molecule has 1 aromatic heterocycles. The Kier molecular flexibility index (Phi) is 6.86. The van der Waals surface area contributed by atoms with Crippen molar-refractivity contribution in [1.82, 2.24) is 10.1 Å². The van der Waals surface area contributed by atoms with Gasteiger partial charge in [-0.1, -0.05) is 11.2 Å². The molecule has 2 aromatic carbocycles. The number of alkyl halides is 3. The van der Waals surface area contributed by atoms with E-state index in [0.29, 0.717) is 22.8 Å². The molecule has 0 radical (unpaired) electrons. The molecule has 3 aromatic rings. The van der Waals surface area contributed by atoms with Crippen molar-refractivity contribution in [3.8, 4) is 28.6 Å². The molecule has 0 bridgehead atoms. The lowest BCUT2D eigenvalue weighted by Gasteiger charge is -2.12. The summed E-state index contributed by atoms with van der Waals surface area (Å²) in [7, 11) is 4.44. The molecule has 170 valence electrons. The topological polar surface area (TPSA) is 95.7 Å². The predicted molar refractivity (Wildman–Crippen MR) is 108 cm³/mol. The molecule has 0 fully saturated rings. The first-order valence-electron chi connectivity index (χ1n) is 9.35. The number of rotatable bonds is 8. The second kappa shape index (κ2) is 9.58. The van der Waals surface area contributed by atoms with Gasteiger partial charge in [-0.15, -0.1) is 0 Å². The van der Waals surface area contributed by atoms with Crippen LogP contribution in [-0.2, 0) is 17.4 Å². The summed E-state index contributed by atoms with van der Waals surface area (Å²) in [6.45, 7) is 0. The molecule has 0 aliphatic carbocycles. The SMILES string of the molecule is COc1cc(-c2noc(CCC(=O)Nc3cccc(C(F)(F)F)c3)n2)cc(OC)c1OC. The second-order valence-corrected chi connectivity index (χ2v) is 6.55. The molecule has 0 aliphatic heterocycles. The second-order valence-electron chi connectivity index (χ2n) is 6.55. The number of carbonyl (C=O) groups is 1. The van der Waals surface area contributed by atoms with Crippen LogP contribution in [0.25, 0.3) is 11.4 Å². The van der Waals surface area contributed by atoms with Crippen LogP contribution in [0.4, 0.5) is 18.9 Å². The number of nitrogens with one attached hydrogen (secondary N) is 1. The van der Waals surface area contributed by atoms with E-state index in [1.165, 1.54) is 33.5 Å². The lowest BCUT2D eigenvalue weighted by molar-refractivity contribution is -0.137. The van der Waals surface area contributed by atoms with E-state index in [0.717, 1.165) is 12.1 Å². The van der Waals surface area contributed by atoms with Crippen molar-refractivity contribution in [2.24, 2.45) is 0 Å². The number of hydrogen-bond acceptors (Lipinski definition) is 7. The lowest BCUT2D eigenvalue weighted by atomic mass is 10.1. The van der Waals surface area contributed by atoms with Crippen LogP contribution in [0.5, 0.6) is 17.2 Å². The first-order chi connectivity index (χ1) is 15.2. The maximum absolute atomic E-state index is 12.8. The Hall–Kier alpha value is -3.76. The molecule has 1 N–H and O–H groups in total. The van der Waals surface area contributed by atoms with Gasteiger partial charge in [-0.25, -0.2) is 0 Å².